The molecule has 1 aliphatic heterocycles. The molecule has 0 atom stereocenters. The molecule has 144 valence electrons. The molecule has 2 rings (SSSR count). The number of unbranched alkanes of at least 4 members (excludes halogenated alkanes) is 2. The second kappa shape index (κ2) is 9.22. The molecule has 4 nitrogen and oxygen atoms in total. The number of likely N-dealkylation sites (N-methyl/N-ethyl adjacent to an activating group) is 1. The maximum absolute atomic E-state index is 12.3. The number of hydrogen-bond acceptors (Lipinski definition) is 3. The van der Waals surface area contributed by atoms with Crippen molar-refractivity contribution in [2.75, 3.05) is 31.6 Å². The molecule has 26 heavy (non-hydrogen) atoms. The van der Waals surface area contributed by atoms with Gasteiger partial charge in [-0.25, -0.2) is 4.79 Å². The van der Waals surface area contributed by atoms with Gasteiger partial charge in [-0.3, -0.25) is 4.90 Å². The Morgan fingerprint density at radius 2 is 2.08 bits per heavy atom. The summed E-state index contributed by atoms with van der Waals surface area (Å²) < 4.78 is 5.51. The van der Waals surface area contributed by atoms with Gasteiger partial charge in [-0.1, -0.05) is 24.6 Å². The molecule has 0 aromatic heterocycles. The minimum Gasteiger partial charge on any atom is -0.443 e. The third kappa shape index (κ3) is 6.17. The van der Waals surface area contributed by atoms with E-state index < -0.39 is 5.60 Å². The van der Waals surface area contributed by atoms with E-state index in [0.717, 1.165) is 31.6 Å². The van der Waals surface area contributed by atoms with Gasteiger partial charge < -0.3 is 9.64 Å². The first-order chi connectivity index (χ1) is 12.3. The average molecular weight is 359 g/mol. The molecule has 0 N–H and O–H groups in total. The summed E-state index contributed by atoms with van der Waals surface area (Å²) in [6.07, 6.45) is 7.39. The Labute approximate surface area is 158 Å². The van der Waals surface area contributed by atoms with Crippen LogP contribution in [0, 0.1) is 0 Å². The van der Waals surface area contributed by atoms with Gasteiger partial charge in [0.15, 0.2) is 0 Å². The number of anilines is 1. The molecule has 0 spiro atoms. The minimum absolute atomic E-state index is 0.243. The smallest absolute Gasteiger partial charge is 0.414 e. The number of nitrogens with zero attached hydrogens (tertiary/aromatic N) is 2. The van der Waals surface area contributed by atoms with Gasteiger partial charge in [0.25, 0.3) is 0 Å². The third-order valence-electron chi connectivity index (χ3n) is 4.60. The lowest BCUT2D eigenvalue weighted by atomic mass is 10.0. The first-order valence-electron chi connectivity index (χ1n) is 9.72. The molecule has 1 amide bonds. The van der Waals surface area contributed by atoms with Gasteiger partial charge in [0.1, 0.15) is 5.60 Å². The summed E-state index contributed by atoms with van der Waals surface area (Å²) >= 11 is 0. The Morgan fingerprint density at radius 3 is 2.77 bits per heavy atom. The van der Waals surface area contributed by atoms with Crippen LogP contribution in [-0.2, 0) is 17.6 Å². The average Bonchev–Trinajstić information content (AvgIpc) is 2.96. The monoisotopic (exact) mass is 358 g/mol. The van der Waals surface area contributed by atoms with E-state index in [0.29, 0.717) is 6.54 Å². The maximum Gasteiger partial charge on any atom is 0.414 e. The number of amides is 1. The molecule has 4 heteroatoms. The third-order valence-corrected chi connectivity index (χ3v) is 4.60. The van der Waals surface area contributed by atoms with Gasteiger partial charge in [0.05, 0.1) is 5.69 Å². The molecule has 1 aromatic carbocycles. The van der Waals surface area contributed by atoms with Crippen LogP contribution in [0.1, 0.15) is 51.2 Å². The van der Waals surface area contributed by atoms with Crippen LogP contribution >= 0.6 is 0 Å². The number of carbonyl (C=O) groups excluding carboxylic acids is 1. The molecular weight excluding hydrogens is 324 g/mol. The Bertz CT molecular complexity index is 619. The van der Waals surface area contributed by atoms with Crippen molar-refractivity contribution >= 4 is 11.8 Å². The summed E-state index contributed by atoms with van der Waals surface area (Å²) in [5.74, 6) is 0. The van der Waals surface area contributed by atoms with E-state index in [1.54, 1.807) is 4.90 Å². The molecular formula is C22H34N2O2. The standard InChI is InChI=1S/C22H34N2O2/c1-6-14-23(5)15-9-7-8-10-18-11-12-20-19(17-18)13-16-24(20)21(25)26-22(2,3)4/h6,11-12,17H,1,7-10,13-16H2,2-5H3. The van der Waals surface area contributed by atoms with Crippen molar-refractivity contribution in [3.8, 4) is 0 Å². The van der Waals surface area contributed by atoms with Crippen LogP contribution in [0.4, 0.5) is 10.5 Å². The fraction of sp³-hybridized carbons (Fsp3) is 0.591. The first kappa shape index (κ1) is 20.5. The molecule has 0 saturated heterocycles. The summed E-state index contributed by atoms with van der Waals surface area (Å²) in [6, 6.07) is 6.51. The second-order valence-corrected chi connectivity index (χ2v) is 8.21. The Kier molecular flexibility index (Phi) is 7.27. The van der Waals surface area contributed by atoms with Crippen LogP contribution in [-0.4, -0.2) is 43.3 Å². The number of hydrogen-bond donors (Lipinski definition) is 0. The van der Waals surface area contributed by atoms with Crippen LogP contribution in [0.2, 0.25) is 0 Å². The molecule has 0 fully saturated rings. The molecule has 1 heterocycles. The van der Waals surface area contributed by atoms with Gasteiger partial charge >= 0.3 is 6.09 Å². The van der Waals surface area contributed by atoms with Crippen molar-refractivity contribution in [3.05, 3.63) is 42.0 Å². The lowest BCUT2D eigenvalue weighted by molar-refractivity contribution is 0.0584. The Hall–Kier alpha value is -1.81. The predicted molar refractivity (Wildman–Crippen MR) is 109 cm³/mol. The number of carbonyl (C=O) groups is 1. The van der Waals surface area contributed by atoms with Gasteiger partial charge in [0, 0.05) is 13.1 Å². The highest BCUT2D eigenvalue weighted by Gasteiger charge is 2.28. The zero-order chi connectivity index (χ0) is 19.2. The maximum atomic E-state index is 12.3. The lowest BCUT2D eigenvalue weighted by Gasteiger charge is -2.24. The van der Waals surface area contributed by atoms with E-state index in [1.165, 1.54) is 30.4 Å². The largest absolute Gasteiger partial charge is 0.443 e. The van der Waals surface area contributed by atoms with Crippen LogP contribution in [0.5, 0.6) is 0 Å². The van der Waals surface area contributed by atoms with E-state index >= 15 is 0 Å². The quantitative estimate of drug-likeness (QED) is 0.493. The van der Waals surface area contributed by atoms with Crippen molar-refractivity contribution in [3.63, 3.8) is 0 Å². The molecule has 1 aliphatic rings. The lowest BCUT2D eigenvalue weighted by Crippen LogP contribution is -2.35. The first-order valence-corrected chi connectivity index (χ1v) is 9.72. The van der Waals surface area contributed by atoms with Crippen LogP contribution < -0.4 is 4.90 Å². The SMILES string of the molecule is C=CCN(C)CCCCCc1ccc2c(c1)CCN2C(=O)OC(C)(C)C. The van der Waals surface area contributed by atoms with Crippen LogP contribution in [0.3, 0.4) is 0 Å². The van der Waals surface area contributed by atoms with Gasteiger partial charge in [0.2, 0.25) is 0 Å². The number of rotatable bonds is 8. The van der Waals surface area contributed by atoms with Crippen LogP contribution in [0.25, 0.3) is 0 Å². The van der Waals surface area contributed by atoms with Crippen molar-refractivity contribution in [2.24, 2.45) is 0 Å². The summed E-state index contributed by atoms with van der Waals surface area (Å²) in [5, 5.41) is 0. The molecule has 1 aromatic rings. The van der Waals surface area contributed by atoms with Crippen molar-refractivity contribution in [2.45, 2.75) is 58.5 Å². The van der Waals surface area contributed by atoms with Gasteiger partial charge in [-0.2, -0.15) is 0 Å². The van der Waals surface area contributed by atoms with E-state index in [1.807, 2.05) is 26.8 Å². The number of fused-ring (bicyclic) bond motifs is 1. The zero-order valence-electron chi connectivity index (χ0n) is 16.9. The van der Waals surface area contributed by atoms with Crippen molar-refractivity contribution < 1.29 is 9.53 Å². The van der Waals surface area contributed by atoms with Gasteiger partial charge in [-0.05, 0) is 77.2 Å². The Morgan fingerprint density at radius 1 is 1.31 bits per heavy atom. The second-order valence-electron chi connectivity index (χ2n) is 8.21. The Balaban J connectivity index is 1.82. The summed E-state index contributed by atoms with van der Waals surface area (Å²) in [5.41, 5.74) is 3.18. The fourth-order valence-corrected chi connectivity index (χ4v) is 3.32. The summed E-state index contributed by atoms with van der Waals surface area (Å²) in [4.78, 5) is 16.4. The highest BCUT2D eigenvalue weighted by molar-refractivity contribution is 5.90. The van der Waals surface area contributed by atoms with Gasteiger partial charge in [-0.15, -0.1) is 6.58 Å². The fourth-order valence-electron chi connectivity index (χ4n) is 3.32. The van der Waals surface area contributed by atoms with Crippen LogP contribution in [0.15, 0.2) is 30.9 Å². The van der Waals surface area contributed by atoms with E-state index in [4.69, 9.17) is 4.74 Å². The zero-order valence-corrected chi connectivity index (χ0v) is 16.9. The summed E-state index contributed by atoms with van der Waals surface area (Å²) in [7, 11) is 2.14. The molecule has 0 radical (unpaired) electrons. The molecule has 0 unspecified atom stereocenters. The number of aryl methyl sites for hydroxylation is 1. The molecule has 0 bridgehead atoms. The van der Waals surface area contributed by atoms with E-state index in [-0.39, 0.29) is 6.09 Å². The number of benzene rings is 1. The van der Waals surface area contributed by atoms with Crippen molar-refractivity contribution in [1.29, 1.82) is 0 Å². The van der Waals surface area contributed by atoms with E-state index in [2.05, 4.69) is 36.7 Å². The predicted octanol–water partition coefficient (Wildman–Crippen LogP) is 4.81. The van der Waals surface area contributed by atoms with E-state index in [9.17, 15) is 4.79 Å². The highest BCUT2D eigenvalue weighted by Crippen LogP contribution is 2.30. The summed E-state index contributed by atoms with van der Waals surface area (Å²) in [6.45, 7) is 12.3. The number of ether oxygens (including phenoxy) is 1. The topological polar surface area (TPSA) is 32.8 Å². The highest BCUT2D eigenvalue weighted by atomic mass is 16.6. The minimum atomic E-state index is -0.459. The molecule has 0 saturated carbocycles. The molecule has 0 aliphatic carbocycles. The normalized spacial score (nSPS) is 13.8. The van der Waals surface area contributed by atoms with Crippen molar-refractivity contribution in [1.82, 2.24) is 4.90 Å².